The third-order valence-electron chi connectivity index (χ3n) is 3.51. The largest absolute Gasteiger partial charge is 0.302 e. The van der Waals surface area contributed by atoms with Crippen LogP contribution < -0.4 is 4.72 Å². The first-order valence-corrected chi connectivity index (χ1v) is 8.65. The maximum atomic E-state index is 12.2. The number of nitrogens with zero attached hydrogens (tertiary/aromatic N) is 2. The van der Waals surface area contributed by atoms with Crippen molar-refractivity contribution >= 4 is 33.2 Å². The Hall–Kier alpha value is -0.400. The molecule has 0 saturated carbocycles. The summed E-state index contributed by atoms with van der Waals surface area (Å²) in [4.78, 5) is 5.97. The third kappa shape index (κ3) is 3.83. The fourth-order valence-corrected chi connectivity index (χ4v) is 3.62. The number of rotatable bonds is 4. The monoisotopic (exact) mass is 337 g/mol. The SMILES string of the molecule is CN1CCCCC1CNS(=O)(=O)c1cnc(Cl)c(Cl)c1. The standard InChI is InChI=1S/C12H17Cl2N3O2S/c1-17-5-3-2-4-9(17)7-16-20(18,19)10-6-11(13)12(14)15-8-10/h6,8-9,16H,2-5,7H2,1H3. The van der Waals surface area contributed by atoms with E-state index in [0.29, 0.717) is 6.54 Å². The molecule has 2 rings (SSSR count). The van der Waals surface area contributed by atoms with Crippen LogP contribution in [0.2, 0.25) is 10.2 Å². The third-order valence-corrected chi connectivity index (χ3v) is 5.59. The molecule has 1 N–H and O–H groups in total. The number of likely N-dealkylation sites (N-methyl/N-ethyl adjacent to an activating group) is 1. The highest BCUT2D eigenvalue weighted by atomic mass is 35.5. The molecule has 1 aliphatic heterocycles. The molecule has 0 bridgehead atoms. The number of aromatic nitrogens is 1. The zero-order valence-electron chi connectivity index (χ0n) is 11.1. The van der Waals surface area contributed by atoms with Crippen LogP contribution in [0.25, 0.3) is 0 Å². The Kier molecular flexibility index (Phi) is 5.25. The predicted molar refractivity (Wildman–Crippen MR) is 79.7 cm³/mol. The van der Waals surface area contributed by atoms with Gasteiger partial charge >= 0.3 is 0 Å². The molecular formula is C12H17Cl2N3O2S. The number of hydrogen-bond donors (Lipinski definition) is 1. The average Bonchev–Trinajstić information content (AvgIpc) is 2.41. The molecule has 1 aliphatic rings. The van der Waals surface area contributed by atoms with Crippen molar-refractivity contribution in [3.8, 4) is 0 Å². The zero-order valence-corrected chi connectivity index (χ0v) is 13.5. The molecule has 1 aromatic heterocycles. The molecule has 8 heteroatoms. The molecule has 2 heterocycles. The number of nitrogens with one attached hydrogen (secondary N) is 1. The summed E-state index contributed by atoms with van der Waals surface area (Å²) < 4.78 is 27.0. The fraction of sp³-hybridized carbons (Fsp3) is 0.583. The van der Waals surface area contributed by atoms with Gasteiger partial charge in [0.15, 0.2) is 0 Å². The Bertz CT molecular complexity index is 580. The van der Waals surface area contributed by atoms with Crippen LogP contribution in [0.15, 0.2) is 17.2 Å². The van der Waals surface area contributed by atoms with Gasteiger partial charge in [-0.15, -0.1) is 0 Å². The minimum Gasteiger partial charge on any atom is -0.302 e. The van der Waals surface area contributed by atoms with Gasteiger partial charge < -0.3 is 4.90 Å². The Morgan fingerprint density at radius 2 is 2.20 bits per heavy atom. The number of piperidine rings is 1. The van der Waals surface area contributed by atoms with Crippen LogP contribution in [0, 0.1) is 0 Å². The number of sulfonamides is 1. The van der Waals surface area contributed by atoms with E-state index in [4.69, 9.17) is 23.2 Å². The van der Waals surface area contributed by atoms with Gasteiger partial charge in [0, 0.05) is 18.8 Å². The summed E-state index contributed by atoms with van der Waals surface area (Å²) in [6.07, 6.45) is 4.50. The van der Waals surface area contributed by atoms with Gasteiger partial charge in [0.1, 0.15) is 10.0 Å². The average molecular weight is 338 g/mol. The van der Waals surface area contributed by atoms with Crippen molar-refractivity contribution in [3.05, 3.63) is 22.4 Å². The summed E-state index contributed by atoms with van der Waals surface area (Å²) in [6.45, 7) is 1.39. The Labute approximate surface area is 129 Å². The van der Waals surface area contributed by atoms with E-state index in [-0.39, 0.29) is 21.1 Å². The second kappa shape index (κ2) is 6.58. The number of pyridine rings is 1. The highest BCUT2D eigenvalue weighted by Gasteiger charge is 2.22. The lowest BCUT2D eigenvalue weighted by atomic mass is 10.0. The van der Waals surface area contributed by atoms with Crippen molar-refractivity contribution in [2.75, 3.05) is 20.1 Å². The van der Waals surface area contributed by atoms with Gasteiger partial charge in [0.05, 0.1) is 5.02 Å². The number of halogens is 2. The van der Waals surface area contributed by atoms with Crippen molar-refractivity contribution in [1.82, 2.24) is 14.6 Å². The molecule has 1 atom stereocenters. The van der Waals surface area contributed by atoms with Gasteiger partial charge in [-0.3, -0.25) is 0 Å². The van der Waals surface area contributed by atoms with Crippen molar-refractivity contribution in [3.63, 3.8) is 0 Å². The van der Waals surface area contributed by atoms with E-state index < -0.39 is 10.0 Å². The Morgan fingerprint density at radius 3 is 2.85 bits per heavy atom. The predicted octanol–water partition coefficient (Wildman–Crippen LogP) is 2.15. The quantitative estimate of drug-likeness (QED) is 0.855. The topological polar surface area (TPSA) is 62.3 Å². The lowest BCUT2D eigenvalue weighted by molar-refractivity contribution is 0.187. The summed E-state index contributed by atoms with van der Waals surface area (Å²) in [6, 6.07) is 1.54. The smallest absolute Gasteiger partial charge is 0.242 e. The van der Waals surface area contributed by atoms with Crippen LogP contribution in [0.4, 0.5) is 0 Å². The minimum atomic E-state index is -3.60. The van der Waals surface area contributed by atoms with E-state index in [0.717, 1.165) is 25.8 Å². The number of hydrogen-bond acceptors (Lipinski definition) is 4. The molecule has 0 radical (unpaired) electrons. The first-order valence-electron chi connectivity index (χ1n) is 6.41. The second-order valence-electron chi connectivity index (χ2n) is 4.93. The van der Waals surface area contributed by atoms with Gasteiger partial charge in [0.25, 0.3) is 0 Å². The fourth-order valence-electron chi connectivity index (χ4n) is 2.24. The van der Waals surface area contributed by atoms with Gasteiger partial charge in [-0.25, -0.2) is 18.1 Å². The molecule has 0 amide bonds. The van der Waals surface area contributed by atoms with E-state index in [1.54, 1.807) is 0 Å². The molecule has 1 unspecified atom stereocenters. The first-order chi connectivity index (χ1) is 9.40. The van der Waals surface area contributed by atoms with Crippen LogP contribution in [0.5, 0.6) is 0 Å². The van der Waals surface area contributed by atoms with Crippen molar-refractivity contribution in [2.24, 2.45) is 0 Å². The lowest BCUT2D eigenvalue weighted by Gasteiger charge is -2.32. The maximum absolute atomic E-state index is 12.2. The highest BCUT2D eigenvalue weighted by Crippen LogP contribution is 2.22. The molecule has 0 aliphatic carbocycles. The maximum Gasteiger partial charge on any atom is 0.242 e. The summed E-state index contributed by atoms with van der Waals surface area (Å²) in [5.74, 6) is 0. The van der Waals surface area contributed by atoms with E-state index in [2.05, 4.69) is 14.6 Å². The van der Waals surface area contributed by atoms with Crippen LogP contribution in [0.3, 0.4) is 0 Å². The van der Waals surface area contributed by atoms with Gasteiger partial charge in [-0.05, 0) is 32.5 Å². The first kappa shape index (κ1) is 16.0. The van der Waals surface area contributed by atoms with Gasteiger partial charge in [-0.2, -0.15) is 0 Å². The highest BCUT2D eigenvalue weighted by molar-refractivity contribution is 7.89. The molecule has 1 fully saturated rings. The molecule has 0 aromatic carbocycles. The summed E-state index contributed by atoms with van der Waals surface area (Å²) in [5, 5.41) is 0.224. The van der Waals surface area contributed by atoms with Gasteiger partial charge in [-0.1, -0.05) is 29.6 Å². The molecule has 1 saturated heterocycles. The summed E-state index contributed by atoms with van der Waals surface area (Å²) in [5.41, 5.74) is 0. The molecule has 112 valence electrons. The van der Waals surface area contributed by atoms with Crippen molar-refractivity contribution < 1.29 is 8.42 Å². The second-order valence-corrected chi connectivity index (χ2v) is 7.46. The van der Waals surface area contributed by atoms with E-state index in [9.17, 15) is 8.42 Å². The van der Waals surface area contributed by atoms with Crippen molar-refractivity contribution in [2.45, 2.75) is 30.2 Å². The summed E-state index contributed by atoms with van der Waals surface area (Å²) in [7, 11) is -1.59. The van der Waals surface area contributed by atoms with Crippen molar-refractivity contribution in [1.29, 1.82) is 0 Å². The van der Waals surface area contributed by atoms with Crippen LogP contribution in [0.1, 0.15) is 19.3 Å². The van der Waals surface area contributed by atoms with Crippen LogP contribution in [-0.2, 0) is 10.0 Å². The van der Waals surface area contributed by atoms with Crippen LogP contribution >= 0.6 is 23.2 Å². The Morgan fingerprint density at radius 1 is 1.45 bits per heavy atom. The molecule has 0 spiro atoms. The Balaban J connectivity index is 2.05. The zero-order chi connectivity index (χ0) is 14.8. The number of likely N-dealkylation sites (tertiary alicyclic amines) is 1. The molecule has 5 nitrogen and oxygen atoms in total. The lowest BCUT2D eigenvalue weighted by Crippen LogP contribution is -2.44. The van der Waals surface area contributed by atoms with E-state index in [1.165, 1.54) is 12.3 Å². The molecule has 20 heavy (non-hydrogen) atoms. The van der Waals surface area contributed by atoms with Gasteiger partial charge in [0.2, 0.25) is 10.0 Å². The van der Waals surface area contributed by atoms with E-state index >= 15 is 0 Å². The molecular weight excluding hydrogens is 321 g/mol. The molecule has 1 aromatic rings. The minimum absolute atomic E-state index is 0.0327. The normalized spacial score (nSPS) is 21.1. The van der Waals surface area contributed by atoms with E-state index in [1.807, 2.05) is 7.05 Å². The summed E-state index contributed by atoms with van der Waals surface area (Å²) >= 11 is 11.5. The van der Waals surface area contributed by atoms with Crippen LogP contribution in [-0.4, -0.2) is 44.5 Å².